The summed E-state index contributed by atoms with van der Waals surface area (Å²) in [6, 6.07) is 20.9. The summed E-state index contributed by atoms with van der Waals surface area (Å²) >= 11 is 0. The van der Waals surface area contributed by atoms with Gasteiger partial charge in [0.2, 0.25) is 0 Å². The molecule has 36 heavy (non-hydrogen) atoms. The van der Waals surface area contributed by atoms with Crippen molar-refractivity contribution in [1.29, 1.82) is 0 Å². The predicted octanol–water partition coefficient (Wildman–Crippen LogP) is 5.70. The number of nitrogens with zero attached hydrogens (tertiary/aromatic N) is 4. The molecule has 0 unspecified atom stereocenters. The predicted molar refractivity (Wildman–Crippen MR) is 147 cm³/mol. The Labute approximate surface area is 211 Å². The van der Waals surface area contributed by atoms with Crippen molar-refractivity contribution in [3.63, 3.8) is 0 Å². The first-order valence-electron chi connectivity index (χ1n) is 12.8. The number of aromatic amines is 2. The number of nitrogens with one attached hydrogen (secondary N) is 2. The Kier molecular flexibility index (Phi) is 6.07. The smallest absolute Gasteiger partial charge is 0.138 e. The van der Waals surface area contributed by atoms with Crippen LogP contribution in [0.2, 0.25) is 0 Å². The Morgan fingerprint density at radius 1 is 0.806 bits per heavy atom. The number of rotatable bonds is 7. The van der Waals surface area contributed by atoms with Crippen LogP contribution in [0.25, 0.3) is 44.8 Å². The molecule has 0 radical (unpaired) electrons. The summed E-state index contributed by atoms with van der Waals surface area (Å²) in [4.78, 5) is 21.5. The van der Waals surface area contributed by atoms with E-state index in [4.69, 9.17) is 14.7 Å². The van der Waals surface area contributed by atoms with Crippen LogP contribution in [0.1, 0.15) is 19.8 Å². The molecule has 1 aliphatic rings. The molecule has 2 N–H and O–H groups in total. The quantitative estimate of drug-likeness (QED) is 0.292. The molecule has 0 aliphatic carbocycles. The number of fused-ring (bicyclic) bond motifs is 2. The third-order valence-electron chi connectivity index (χ3n) is 6.96. The van der Waals surface area contributed by atoms with E-state index >= 15 is 0 Å². The number of benzene rings is 3. The molecule has 1 saturated heterocycles. The second-order valence-corrected chi connectivity index (χ2v) is 9.62. The third kappa shape index (κ3) is 4.54. The van der Waals surface area contributed by atoms with Crippen LogP contribution < -0.4 is 9.64 Å². The summed E-state index contributed by atoms with van der Waals surface area (Å²) in [7, 11) is 2.18. The van der Waals surface area contributed by atoms with Crippen LogP contribution in [0.5, 0.6) is 5.75 Å². The molecular weight excluding hydrogens is 448 g/mol. The van der Waals surface area contributed by atoms with E-state index in [-0.39, 0.29) is 0 Å². The van der Waals surface area contributed by atoms with Gasteiger partial charge in [0.05, 0.1) is 28.7 Å². The Morgan fingerprint density at radius 2 is 1.50 bits per heavy atom. The summed E-state index contributed by atoms with van der Waals surface area (Å²) in [6.07, 6.45) is 2.17. The highest BCUT2D eigenvalue weighted by Crippen LogP contribution is 2.29. The monoisotopic (exact) mass is 480 g/mol. The summed E-state index contributed by atoms with van der Waals surface area (Å²) in [5.41, 5.74) is 7.26. The molecular formula is C29H32N6O. The molecule has 0 atom stereocenters. The summed E-state index contributed by atoms with van der Waals surface area (Å²) in [5.74, 6) is 2.58. The van der Waals surface area contributed by atoms with Crippen molar-refractivity contribution < 1.29 is 4.74 Å². The van der Waals surface area contributed by atoms with E-state index in [1.54, 1.807) is 0 Å². The Hall–Kier alpha value is -3.84. The maximum atomic E-state index is 5.88. The zero-order chi connectivity index (χ0) is 24.5. The highest BCUT2D eigenvalue weighted by molar-refractivity contribution is 5.87. The van der Waals surface area contributed by atoms with Crippen molar-refractivity contribution in [3.05, 3.63) is 60.7 Å². The SMILES string of the molecule is CCCCOc1cccc(-c2nc3ccc(-c4nc5ccc(N6CCN(C)CC6)cc5[nH]4)cc3[nH]2)c1. The average Bonchev–Trinajstić information content (AvgIpc) is 3.53. The van der Waals surface area contributed by atoms with E-state index < -0.39 is 0 Å². The van der Waals surface area contributed by atoms with E-state index in [1.807, 2.05) is 18.2 Å². The fourth-order valence-corrected chi connectivity index (χ4v) is 4.76. The van der Waals surface area contributed by atoms with Gasteiger partial charge >= 0.3 is 0 Å². The first-order valence-corrected chi connectivity index (χ1v) is 12.8. The molecule has 2 aromatic heterocycles. The molecule has 3 aromatic carbocycles. The van der Waals surface area contributed by atoms with Crippen LogP contribution in [-0.2, 0) is 0 Å². The molecule has 7 heteroatoms. The lowest BCUT2D eigenvalue weighted by atomic mass is 10.2. The number of imidazole rings is 2. The fraction of sp³-hybridized carbons (Fsp3) is 0.310. The van der Waals surface area contributed by atoms with E-state index in [1.165, 1.54) is 5.69 Å². The highest BCUT2D eigenvalue weighted by Gasteiger charge is 2.16. The Balaban J connectivity index is 1.26. The molecule has 7 nitrogen and oxygen atoms in total. The van der Waals surface area contributed by atoms with Gasteiger partial charge in [-0.3, -0.25) is 0 Å². The molecule has 0 saturated carbocycles. The van der Waals surface area contributed by atoms with Crippen LogP contribution in [0.15, 0.2) is 60.7 Å². The Morgan fingerprint density at radius 3 is 2.25 bits per heavy atom. The third-order valence-corrected chi connectivity index (χ3v) is 6.96. The second kappa shape index (κ2) is 9.66. The van der Waals surface area contributed by atoms with Crippen molar-refractivity contribution >= 4 is 27.8 Å². The molecule has 0 bridgehead atoms. The zero-order valence-corrected chi connectivity index (χ0v) is 20.9. The number of likely N-dealkylation sites (N-methyl/N-ethyl adjacent to an activating group) is 1. The van der Waals surface area contributed by atoms with Gasteiger partial charge in [-0.1, -0.05) is 25.5 Å². The van der Waals surface area contributed by atoms with Crippen LogP contribution in [0, 0.1) is 0 Å². The lowest BCUT2D eigenvalue weighted by Gasteiger charge is -2.34. The number of hydrogen-bond donors (Lipinski definition) is 2. The zero-order valence-electron chi connectivity index (χ0n) is 20.9. The summed E-state index contributed by atoms with van der Waals surface area (Å²) in [5, 5.41) is 0. The lowest BCUT2D eigenvalue weighted by molar-refractivity contribution is 0.309. The number of anilines is 1. The minimum atomic E-state index is 0.734. The van der Waals surface area contributed by atoms with Crippen molar-refractivity contribution in [1.82, 2.24) is 24.8 Å². The summed E-state index contributed by atoms with van der Waals surface area (Å²) < 4.78 is 5.88. The van der Waals surface area contributed by atoms with E-state index in [0.717, 1.165) is 96.2 Å². The number of H-pyrrole nitrogens is 2. The molecule has 0 amide bonds. The summed E-state index contributed by atoms with van der Waals surface area (Å²) in [6.45, 7) is 7.19. The van der Waals surface area contributed by atoms with Gasteiger partial charge < -0.3 is 24.5 Å². The maximum Gasteiger partial charge on any atom is 0.138 e. The van der Waals surface area contributed by atoms with E-state index in [0.29, 0.717) is 0 Å². The van der Waals surface area contributed by atoms with E-state index in [9.17, 15) is 0 Å². The van der Waals surface area contributed by atoms with Crippen LogP contribution in [-0.4, -0.2) is 64.7 Å². The minimum Gasteiger partial charge on any atom is -0.494 e. The van der Waals surface area contributed by atoms with Gasteiger partial charge in [-0.2, -0.15) is 0 Å². The van der Waals surface area contributed by atoms with Crippen LogP contribution in [0.4, 0.5) is 5.69 Å². The molecule has 184 valence electrons. The van der Waals surface area contributed by atoms with Crippen molar-refractivity contribution in [2.75, 3.05) is 44.7 Å². The van der Waals surface area contributed by atoms with Crippen LogP contribution in [0.3, 0.4) is 0 Å². The maximum absolute atomic E-state index is 5.88. The molecule has 1 aliphatic heterocycles. The van der Waals surface area contributed by atoms with E-state index in [2.05, 4.69) is 76.2 Å². The number of unbranched alkanes of at least 4 members (excludes halogenated alkanes) is 1. The minimum absolute atomic E-state index is 0.734. The number of ether oxygens (including phenoxy) is 1. The average molecular weight is 481 g/mol. The number of piperazine rings is 1. The van der Waals surface area contributed by atoms with Gasteiger partial charge in [-0.05, 0) is 62.0 Å². The van der Waals surface area contributed by atoms with Gasteiger partial charge in [0.15, 0.2) is 0 Å². The molecule has 0 spiro atoms. The van der Waals surface area contributed by atoms with Gasteiger partial charge in [-0.15, -0.1) is 0 Å². The van der Waals surface area contributed by atoms with Gasteiger partial charge in [0, 0.05) is 43.0 Å². The molecule has 5 aromatic rings. The van der Waals surface area contributed by atoms with Gasteiger partial charge in [0.1, 0.15) is 17.4 Å². The first kappa shape index (κ1) is 22.6. The van der Waals surface area contributed by atoms with Gasteiger partial charge in [0.25, 0.3) is 0 Å². The molecule has 6 rings (SSSR count). The number of hydrogen-bond acceptors (Lipinski definition) is 5. The second-order valence-electron chi connectivity index (χ2n) is 9.62. The van der Waals surface area contributed by atoms with Gasteiger partial charge in [-0.25, -0.2) is 9.97 Å². The fourth-order valence-electron chi connectivity index (χ4n) is 4.76. The molecule has 3 heterocycles. The number of aromatic nitrogens is 4. The highest BCUT2D eigenvalue weighted by atomic mass is 16.5. The van der Waals surface area contributed by atoms with Crippen molar-refractivity contribution in [2.45, 2.75) is 19.8 Å². The van der Waals surface area contributed by atoms with Crippen LogP contribution >= 0.6 is 0 Å². The van der Waals surface area contributed by atoms with Crippen molar-refractivity contribution in [3.8, 4) is 28.5 Å². The standard InChI is InChI=1S/C29H32N6O/c1-3-4-16-36-23-7-5-6-20(17-23)28-30-24-10-8-21(18-26(24)32-28)29-31-25-11-9-22(19-27(25)33-29)35-14-12-34(2)13-15-35/h5-11,17-19H,3-4,12-16H2,1-2H3,(H,30,32)(H,31,33). The Bertz CT molecular complexity index is 1490. The normalized spacial score (nSPS) is 14.7. The largest absolute Gasteiger partial charge is 0.494 e. The van der Waals surface area contributed by atoms with Crippen molar-refractivity contribution in [2.24, 2.45) is 0 Å². The lowest BCUT2D eigenvalue weighted by Crippen LogP contribution is -2.44. The topological polar surface area (TPSA) is 73.1 Å². The first-order chi connectivity index (χ1) is 17.7. The molecule has 1 fully saturated rings.